The van der Waals surface area contributed by atoms with Gasteiger partial charge in [0.2, 0.25) is 5.91 Å². The number of unbranched alkanes of at least 4 members (excludes halogenated alkanes) is 28. The van der Waals surface area contributed by atoms with Gasteiger partial charge in [-0.05, 0) is 103 Å². The van der Waals surface area contributed by atoms with Crippen LogP contribution in [0.15, 0.2) is 85.1 Å². The molecule has 8 unspecified atom stereocenters. The molecule has 0 aromatic carbocycles. The number of rotatable bonds is 54. The maximum absolute atomic E-state index is 13.4. The Morgan fingerprint density at radius 3 is 1.33 bits per heavy atom. The summed E-state index contributed by atoms with van der Waals surface area (Å²) in [5.74, 6) is -1.22. The zero-order valence-electron chi connectivity index (χ0n) is 50.5. The Morgan fingerprint density at radius 2 is 0.873 bits per heavy atom. The third kappa shape index (κ3) is 43.2. The standard InChI is InChI=1S/C68H119NO10/c1-4-7-10-13-16-19-22-25-27-29-31-33-35-38-41-44-47-50-53-56-63(73)79-66-65(75)64(74)62(57-70)78-68(66)77-58-59(60(71)54-51-48-45-42-39-36-24-21-18-15-12-9-6-3)69-67(76)61(72)55-52-49-46-43-40-37-34-32-30-28-26-23-20-17-14-11-8-5-2/h16-17,19-20,25-28,31-34,51,54,59-62,64-66,68,70-72,74-75H,4-15,18,21-24,29-30,35-50,52-53,55-58H2,1-3H3,(H,69,76)/b19-16-,20-17-,27-25-,28-26-,33-31-,34-32-,54-51+. The SMILES string of the molecule is CCCCC/C=C\C/C=C\C/C=C\CCCCCCCCC(=O)OC1C(OCC(NC(=O)C(O)CCCCCCC/C=C\C/C=C\C/C=C\CCCCC)C(O)/C=C/CCCCCCCCCCCCC)OC(CO)C(O)C1O. The smallest absolute Gasteiger partial charge is 0.306 e. The van der Waals surface area contributed by atoms with E-state index in [2.05, 4.69) is 99.0 Å². The van der Waals surface area contributed by atoms with Crippen molar-refractivity contribution in [1.29, 1.82) is 0 Å². The molecule has 0 aliphatic carbocycles. The number of aliphatic hydroxyl groups is 5. The quantitative estimate of drug-likeness (QED) is 0.0195. The van der Waals surface area contributed by atoms with Gasteiger partial charge in [-0.25, -0.2) is 0 Å². The number of ether oxygens (including phenoxy) is 3. The van der Waals surface area contributed by atoms with Crippen LogP contribution in [0, 0.1) is 0 Å². The predicted octanol–water partition coefficient (Wildman–Crippen LogP) is 15.7. The number of carbonyl (C=O) groups is 2. The van der Waals surface area contributed by atoms with Crippen LogP contribution in [-0.4, -0.2) is 99.6 Å². The number of amides is 1. The summed E-state index contributed by atoms with van der Waals surface area (Å²) >= 11 is 0. The molecule has 1 amide bonds. The molecule has 6 N–H and O–H groups in total. The van der Waals surface area contributed by atoms with E-state index in [1.54, 1.807) is 6.08 Å². The van der Waals surface area contributed by atoms with Gasteiger partial charge in [0, 0.05) is 6.42 Å². The van der Waals surface area contributed by atoms with Crippen LogP contribution in [-0.2, 0) is 23.8 Å². The van der Waals surface area contributed by atoms with Crippen LogP contribution in [0.5, 0.6) is 0 Å². The number of aliphatic hydroxyl groups excluding tert-OH is 5. The van der Waals surface area contributed by atoms with Crippen LogP contribution in [0.1, 0.15) is 271 Å². The summed E-state index contributed by atoms with van der Waals surface area (Å²) in [6, 6.07) is -1.04. The molecule has 8 atom stereocenters. The van der Waals surface area contributed by atoms with E-state index in [-0.39, 0.29) is 19.4 Å². The van der Waals surface area contributed by atoms with Crippen molar-refractivity contribution in [1.82, 2.24) is 5.32 Å². The first-order valence-corrected chi connectivity index (χ1v) is 32.4. The summed E-state index contributed by atoms with van der Waals surface area (Å²) in [7, 11) is 0. The molecule has 1 aliphatic heterocycles. The van der Waals surface area contributed by atoms with Crippen molar-refractivity contribution in [2.24, 2.45) is 0 Å². The van der Waals surface area contributed by atoms with Gasteiger partial charge in [0.1, 0.15) is 24.4 Å². The van der Waals surface area contributed by atoms with Crippen LogP contribution in [0.25, 0.3) is 0 Å². The van der Waals surface area contributed by atoms with Crippen LogP contribution >= 0.6 is 0 Å². The summed E-state index contributed by atoms with van der Waals surface area (Å²) in [5, 5.41) is 57.1. The Hall–Kier alpha value is -3.16. The molecular formula is C68H119NO10. The van der Waals surface area contributed by atoms with Crippen LogP contribution in [0.3, 0.4) is 0 Å². The lowest BCUT2D eigenvalue weighted by Crippen LogP contribution is -2.61. The molecule has 1 saturated heterocycles. The van der Waals surface area contributed by atoms with Crippen LogP contribution in [0.2, 0.25) is 0 Å². The summed E-state index contributed by atoms with van der Waals surface area (Å²) < 4.78 is 17.6. The molecule has 0 radical (unpaired) electrons. The fourth-order valence-electron chi connectivity index (χ4n) is 9.61. The molecule has 1 rings (SSSR count). The molecule has 11 heteroatoms. The molecule has 79 heavy (non-hydrogen) atoms. The third-order valence-corrected chi connectivity index (χ3v) is 14.8. The fourth-order valence-corrected chi connectivity index (χ4v) is 9.61. The average Bonchev–Trinajstić information content (AvgIpc) is 3.49. The van der Waals surface area contributed by atoms with Gasteiger partial charge in [-0.2, -0.15) is 0 Å². The second-order valence-corrected chi connectivity index (χ2v) is 22.1. The van der Waals surface area contributed by atoms with Gasteiger partial charge >= 0.3 is 5.97 Å². The van der Waals surface area contributed by atoms with Crippen molar-refractivity contribution in [2.75, 3.05) is 13.2 Å². The number of hydrogen-bond acceptors (Lipinski definition) is 10. The minimum atomic E-state index is -1.63. The molecule has 1 heterocycles. The van der Waals surface area contributed by atoms with Gasteiger partial charge in [-0.3, -0.25) is 9.59 Å². The third-order valence-electron chi connectivity index (χ3n) is 14.8. The Labute approximate surface area is 483 Å². The largest absolute Gasteiger partial charge is 0.454 e. The number of nitrogens with one attached hydrogen (secondary N) is 1. The van der Waals surface area contributed by atoms with Crippen molar-refractivity contribution in [3.63, 3.8) is 0 Å². The zero-order chi connectivity index (χ0) is 57.5. The van der Waals surface area contributed by atoms with E-state index >= 15 is 0 Å². The highest BCUT2D eigenvalue weighted by molar-refractivity contribution is 5.80. The number of esters is 1. The van der Waals surface area contributed by atoms with E-state index in [1.165, 1.54) is 109 Å². The Balaban J connectivity index is 2.70. The lowest BCUT2D eigenvalue weighted by atomic mass is 9.99. The van der Waals surface area contributed by atoms with E-state index in [1.807, 2.05) is 6.08 Å². The monoisotopic (exact) mass is 1110 g/mol. The van der Waals surface area contributed by atoms with Gasteiger partial charge in [-0.15, -0.1) is 0 Å². The second-order valence-electron chi connectivity index (χ2n) is 22.1. The summed E-state index contributed by atoms with van der Waals surface area (Å²) in [5.41, 5.74) is 0. The summed E-state index contributed by atoms with van der Waals surface area (Å²) in [4.78, 5) is 26.6. The summed E-state index contributed by atoms with van der Waals surface area (Å²) in [6.45, 7) is 5.73. The lowest BCUT2D eigenvalue weighted by Gasteiger charge is -2.41. The molecule has 11 nitrogen and oxygen atoms in total. The second kappa shape index (κ2) is 55.4. The van der Waals surface area contributed by atoms with E-state index < -0.39 is 67.4 Å². The first-order chi connectivity index (χ1) is 38.7. The van der Waals surface area contributed by atoms with Crippen molar-refractivity contribution < 1.29 is 49.3 Å². The normalized spacial score (nSPS) is 19.4. The maximum Gasteiger partial charge on any atom is 0.306 e. The van der Waals surface area contributed by atoms with Gasteiger partial charge in [-0.1, -0.05) is 247 Å². The first kappa shape index (κ1) is 73.9. The number of hydrogen-bond donors (Lipinski definition) is 6. The van der Waals surface area contributed by atoms with Crippen molar-refractivity contribution in [2.45, 2.75) is 320 Å². The van der Waals surface area contributed by atoms with Crippen molar-refractivity contribution >= 4 is 11.9 Å². The van der Waals surface area contributed by atoms with Crippen molar-refractivity contribution in [3.8, 4) is 0 Å². The average molecular weight is 1110 g/mol. The molecule has 0 aromatic heterocycles. The minimum Gasteiger partial charge on any atom is -0.454 e. The molecule has 1 aliphatic rings. The van der Waals surface area contributed by atoms with E-state index in [4.69, 9.17) is 14.2 Å². The molecule has 0 aromatic rings. The Bertz CT molecular complexity index is 1610. The Morgan fingerprint density at radius 1 is 0.494 bits per heavy atom. The highest BCUT2D eigenvalue weighted by atomic mass is 16.7. The summed E-state index contributed by atoms with van der Waals surface area (Å²) in [6.07, 6.45) is 61.7. The minimum absolute atomic E-state index is 0.104. The molecule has 0 spiro atoms. The fraction of sp³-hybridized carbons (Fsp3) is 0.765. The molecule has 1 fully saturated rings. The highest BCUT2D eigenvalue weighted by Crippen LogP contribution is 2.26. The first-order valence-electron chi connectivity index (χ1n) is 32.4. The Kier molecular flexibility index (Phi) is 51.8. The zero-order valence-corrected chi connectivity index (χ0v) is 50.5. The van der Waals surface area contributed by atoms with Gasteiger partial charge in [0.25, 0.3) is 0 Å². The number of carbonyl (C=O) groups excluding carboxylic acids is 2. The van der Waals surface area contributed by atoms with Crippen LogP contribution < -0.4 is 5.32 Å². The topological polar surface area (TPSA) is 175 Å². The van der Waals surface area contributed by atoms with E-state index in [0.717, 1.165) is 116 Å². The molecule has 456 valence electrons. The molecule has 0 saturated carbocycles. The van der Waals surface area contributed by atoms with Gasteiger partial charge in [0.15, 0.2) is 12.4 Å². The van der Waals surface area contributed by atoms with Gasteiger partial charge in [0.05, 0.1) is 25.4 Å². The lowest BCUT2D eigenvalue weighted by molar-refractivity contribution is -0.305. The van der Waals surface area contributed by atoms with Crippen LogP contribution in [0.4, 0.5) is 0 Å². The highest BCUT2D eigenvalue weighted by Gasteiger charge is 2.47. The van der Waals surface area contributed by atoms with Crippen molar-refractivity contribution in [3.05, 3.63) is 85.1 Å². The maximum atomic E-state index is 13.4. The van der Waals surface area contributed by atoms with E-state index in [0.29, 0.717) is 12.8 Å². The predicted molar refractivity (Wildman–Crippen MR) is 329 cm³/mol. The number of allylic oxidation sites excluding steroid dienone is 13. The van der Waals surface area contributed by atoms with Gasteiger partial charge < -0.3 is 45.1 Å². The molecular weight excluding hydrogens is 991 g/mol. The van der Waals surface area contributed by atoms with E-state index in [9.17, 15) is 35.1 Å². The molecule has 0 bridgehead atoms.